The van der Waals surface area contributed by atoms with Crippen molar-refractivity contribution < 1.29 is 14.0 Å². The Bertz CT molecular complexity index is 1170. The summed E-state index contributed by atoms with van der Waals surface area (Å²) in [6.07, 6.45) is 1.71. The molecule has 1 N–H and O–H groups in total. The standard InChI is InChI=1S/C25H20FN3O2/c26-21-15-17(16-27)12-13-20(21)24(30)28-23(19-8-2-1-3-9-19)25(31)29-14-6-10-18-7-4-5-11-22(18)29/h1-5,7-9,11-13,15,23H,6,10,14H2,(H,28,30)/t23-/m1/s1. The van der Waals surface area contributed by atoms with E-state index in [9.17, 15) is 14.0 Å². The fraction of sp³-hybridized carbons (Fsp3) is 0.160. The predicted molar refractivity (Wildman–Crippen MR) is 115 cm³/mol. The third-order valence-corrected chi connectivity index (χ3v) is 5.37. The number of halogens is 1. The van der Waals surface area contributed by atoms with Crippen LogP contribution in [0.15, 0.2) is 72.8 Å². The van der Waals surface area contributed by atoms with Crippen LogP contribution in [0.1, 0.15) is 39.5 Å². The lowest BCUT2D eigenvalue weighted by molar-refractivity contribution is -0.120. The van der Waals surface area contributed by atoms with E-state index >= 15 is 0 Å². The minimum atomic E-state index is -0.977. The van der Waals surface area contributed by atoms with Gasteiger partial charge in [0, 0.05) is 12.2 Å². The molecule has 2 amide bonds. The van der Waals surface area contributed by atoms with Crippen molar-refractivity contribution in [3.8, 4) is 6.07 Å². The third-order valence-electron chi connectivity index (χ3n) is 5.37. The molecular formula is C25H20FN3O2. The van der Waals surface area contributed by atoms with Gasteiger partial charge in [-0.15, -0.1) is 0 Å². The van der Waals surface area contributed by atoms with Crippen LogP contribution in [-0.2, 0) is 11.2 Å². The zero-order chi connectivity index (χ0) is 21.8. The molecule has 5 nitrogen and oxygen atoms in total. The smallest absolute Gasteiger partial charge is 0.255 e. The number of amides is 2. The van der Waals surface area contributed by atoms with Crippen LogP contribution in [0.4, 0.5) is 10.1 Å². The van der Waals surface area contributed by atoms with E-state index in [1.807, 2.05) is 36.4 Å². The van der Waals surface area contributed by atoms with Gasteiger partial charge in [-0.3, -0.25) is 9.59 Å². The Morgan fingerprint density at radius 1 is 1.03 bits per heavy atom. The second-order valence-electron chi connectivity index (χ2n) is 7.35. The van der Waals surface area contributed by atoms with E-state index in [-0.39, 0.29) is 17.0 Å². The Morgan fingerprint density at radius 2 is 1.77 bits per heavy atom. The minimum Gasteiger partial charge on any atom is -0.336 e. The number of carbonyl (C=O) groups excluding carboxylic acids is 2. The monoisotopic (exact) mass is 413 g/mol. The summed E-state index contributed by atoms with van der Waals surface area (Å²) < 4.78 is 14.4. The number of carbonyl (C=O) groups is 2. The maximum absolute atomic E-state index is 14.4. The summed E-state index contributed by atoms with van der Waals surface area (Å²) >= 11 is 0. The first-order valence-electron chi connectivity index (χ1n) is 10.0. The highest BCUT2D eigenvalue weighted by atomic mass is 19.1. The molecule has 4 rings (SSSR count). The van der Waals surface area contributed by atoms with Gasteiger partial charge in [-0.1, -0.05) is 48.5 Å². The summed E-state index contributed by atoms with van der Waals surface area (Å²) in [6, 6.07) is 21.1. The third kappa shape index (κ3) is 4.17. The molecule has 1 aliphatic rings. The molecule has 1 aliphatic heterocycles. The molecule has 3 aromatic carbocycles. The second kappa shape index (κ2) is 8.80. The Labute approximate surface area is 179 Å². The topological polar surface area (TPSA) is 73.2 Å². The maximum atomic E-state index is 14.4. The number of rotatable bonds is 4. The Kier molecular flexibility index (Phi) is 5.76. The van der Waals surface area contributed by atoms with Gasteiger partial charge in [0.2, 0.25) is 0 Å². The SMILES string of the molecule is N#Cc1ccc(C(=O)N[C@@H](C(=O)N2CCCc3ccccc32)c2ccccc2)c(F)c1. The molecule has 0 saturated heterocycles. The number of aryl methyl sites for hydroxylation is 1. The van der Waals surface area contributed by atoms with Crippen molar-refractivity contribution in [1.29, 1.82) is 5.26 Å². The van der Waals surface area contributed by atoms with Gasteiger partial charge in [0.15, 0.2) is 0 Å². The fourth-order valence-corrected chi connectivity index (χ4v) is 3.83. The van der Waals surface area contributed by atoms with Gasteiger partial charge in [0.05, 0.1) is 17.2 Å². The molecule has 0 bridgehead atoms. The number of anilines is 1. The van der Waals surface area contributed by atoms with Crippen LogP contribution in [0.3, 0.4) is 0 Å². The van der Waals surface area contributed by atoms with E-state index in [1.54, 1.807) is 29.2 Å². The summed E-state index contributed by atoms with van der Waals surface area (Å²) in [4.78, 5) is 28.2. The molecular weight excluding hydrogens is 393 g/mol. The number of hydrogen-bond donors (Lipinski definition) is 1. The fourth-order valence-electron chi connectivity index (χ4n) is 3.83. The lowest BCUT2D eigenvalue weighted by atomic mass is 9.99. The molecule has 0 radical (unpaired) electrons. The number of para-hydroxylation sites is 1. The molecule has 3 aromatic rings. The zero-order valence-corrected chi connectivity index (χ0v) is 16.7. The Hall–Kier alpha value is -3.98. The van der Waals surface area contributed by atoms with Gasteiger partial charge < -0.3 is 10.2 Å². The van der Waals surface area contributed by atoms with Crippen LogP contribution in [0, 0.1) is 17.1 Å². The first-order valence-corrected chi connectivity index (χ1v) is 10.0. The number of benzene rings is 3. The molecule has 0 spiro atoms. The summed E-state index contributed by atoms with van der Waals surface area (Å²) in [5, 5.41) is 11.6. The maximum Gasteiger partial charge on any atom is 0.255 e. The van der Waals surface area contributed by atoms with Crippen LogP contribution >= 0.6 is 0 Å². The highest BCUT2D eigenvalue weighted by Crippen LogP contribution is 2.29. The molecule has 0 fully saturated rings. The highest BCUT2D eigenvalue weighted by molar-refractivity contribution is 6.03. The van der Waals surface area contributed by atoms with Crippen LogP contribution in [0.5, 0.6) is 0 Å². The number of nitrogens with one attached hydrogen (secondary N) is 1. The summed E-state index contributed by atoms with van der Waals surface area (Å²) in [5.74, 6) is -1.80. The summed E-state index contributed by atoms with van der Waals surface area (Å²) in [6.45, 7) is 0.542. The largest absolute Gasteiger partial charge is 0.336 e. The van der Waals surface area contributed by atoms with E-state index < -0.39 is 17.8 Å². The normalized spacial score (nSPS) is 13.6. The predicted octanol–water partition coefficient (Wildman–Crippen LogP) is 4.15. The molecule has 0 unspecified atom stereocenters. The Morgan fingerprint density at radius 3 is 2.52 bits per heavy atom. The lowest BCUT2D eigenvalue weighted by Gasteiger charge is -2.32. The van der Waals surface area contributed by atoms with Gasteiger partial charge >= 0.3 is 0 Å². The Balaban J connectivity index is 1.67. The second-order valence-corrected chi connectivity index (χ2v) is 7.35. The van der Waals surface area contributed by atoms with Crippen molar-refractivity contribution in [2.75, 3.05) is 11.4 Å². The van der Waals surface area contributed by atoms with Crippen LogP contribution < -0.4 is 10.2 Å². The van der Waals surface area contributed by atoms with E-state index in [2.05, 4.69) is 5.32 Å². The molecule has 31 heavy (non-hydrogen) atoms. The van der Waals surface area contributed by atoms with Gasteiger partial charge in [-0.05, 0) is 48.2 Å². The van der Waals surface area contributed by atoms with Crippen LogP contribution in [0.2, 0.25) is 0 Å². The molecule has 1 atom stereocenters. The molecule has 0 aliphatic carbocycles. The van der Waals surface area contributed by atoms with Crippen molar-refractivity contribution in [3.05, 3.63) is 101 Å². The van der Waals surface area contributed by atoms with E-state index in [4.69, 9.17) is 5.26 Å². The van der Waals surface area contributed by atoms with Gasteiger partial charge in [-0.2, -0.15) is 5.26 Å². The number of fused-ring (bicyclic) bond motifs is 1. The highest BCUT2D eigenvalue weighted by Gasteiger charge is 2.31. The van der Waals surface area contributed by atoms with E-state index in [1.165, 1.54) is 12.1 Å². The number of hydrogen-bond acceptors (Lipinski definition) is 3. The van der Waals surface area contributed by atoms with Crippen molar-refractivity contribution in [2.45, 2.75) is 18.9 Å². The average Bonchev–Trinajstić information content (AvgIpc) is 2.82. The first-order chi connectivity index (χ1) is 15.1. The zero-order valence-electron chi connectivity index (χ0n) is 16.7. The number of nitriles is 1. The average molecular weight is 413 g/mol. The van der Waals surface area contributed by atoms with Gasteiger partial charge in [0.1, 0.15) is 11.9 Å². The van der Waals surface area contributed by atoms with Crippen molar-refractivity contribution in [3.63, 3.8) is 0 Å². The summed E-state index contributed by atoms with van der Waals surface area (Å²) in [7, 11) is 0. The lowest BCUT2D eigenvalue weighted by Crippen LogP contribution is -2.45. The molecule has 0 saturated carbocycles. The van der Waals surface area contributed by atoms with Crippen molar-refractivity contribution >= 4 is 17.5 Å². The quantitative estimate of drug-likeness (QED) is 0.698. The first kappa shape index (κ1) is 20.3. The van der Waals surface area contributed by atoms with Crippen LogP contribution in [0.25, 0.3) is 0 Å². The van der Waals surface area contributed by atoms with Gasteiger partial charge in [0.25, 0.3) is 11.8 Å². The molecule has 0 aromatic heterocycles. The molecule has 1 heterocycles. The molecule has 6 heteroatoms. The van der Waals surface area contributed by atoms with Crippen molar-refractivity contribution in [1.82, 2.24) is 5.32 Å². The molecule has 154 valence electrons. The van der Waals surface area contributed by atoms with E-state index in [0.29, 0.717) is 12.1 Å². The van der Waals surface area contributed by atoms with E-state index in [0.717, 1.165) is 30.2 Å². The summed E-state index contributed by atoms with van der Waals surface area (Å²) in [5.41, 5.74) is 2.43. The number of nitrogens with zero attached hydrogens (tertiary/aromatic N) is 2. The van der Waals surface area contributed by atoms with Crippen molar-refractivity contribution in [2.24, 2.45) is 0 Å². The van der Waals surface area contributed by atoms with Crippen LogP contribution in [-0.4, -0.2) is 18.4 Å². The van der Waals surface area contributed by atoms with Gasteiger partial charge in [-0.25, -0.2) is 4.39 Å². The minimum absolute atomic E-state index is 0.120.